The molecule has 0 saturated heterocycles. The maximum Gasteiger partial charge on any atom is 0.185 e. The molecule has 0 spiro atoms. The molecule has 0 atom stereocenters. The predicted octanol–water partition coefficient (Wildman–Crippen LogP) is 7.39. The summed E-state index contributed by atoms with van der Waals surface area (Å²) in [7, 11) is 1.95. The molecule has 0 amide bonds. The van der Waals surface area contributed by atoms with Gasteiger partial charge in [0.2, 0.25) is 0 Å². The summed E-state index contributed by atoms with van der Waals surface area (Å²) in [5.74, 6) is 1.35. The number of nitrogens with zero attached hydrogens (tertiary/aromatic N) is 5. The van der Waals surface area contributed by atoms with E-state index < -0.39 is 5.41 Å². The molecule has 3 heterocycles. The van der Waals surface area contributed by atoms with E-state index in [1.54, 1.807) is 6.20 Å². The first-order valence-corrected chi connectivity index (χ1v) is 12.3. The number of pyridine rings is 2. The molecule has 0 N–H and O–H groups in total. The SMILES string of the molecule is Cn1c(=S)n(-c2ccc(C(C)(C)C#N)cc2)c2c3cc(Oc4cnc5ccccc5c4)ccc3ncc21. The number of ether oxygens (including phenoxy) is 1. The number of imidazole rings is 1. The van der Waals surface area contributed by atoms with Gasteiger partial charge in [-0.2, -0.15) is 5.26 Å². The number of hydrogen-bond donors (Lipinski definition) is 0. The average Bonchev–Trinajstić information content (AvgIpc) is 3.18. The monoisotopic (exact) mass is 501 g/mol. The molecule has 0 aliphatic rings. The number of para-hydroxylation sites is 1. The molecular weight excluding hydrogens is 478 g/mol. The summed E-state index contributed by atoms with van der Waals surface area (Å²) < 4.78 is 10.9. The van der Waals surface area contributed by atoms with E-state index in [0.717, 1.165) is 44.1 Å². The van der Waals surface area contributed by atoms with Crippen molar-refractivity contribution in [3.8, 4) is 23.3 Å². The van der Waals surface area contributed by atoms with Gasteiger partial charge in [0.15, 0.2) is 4.77 Å². The number of hydrogen-bond acceptors (Lipinski definition) is 5. The lowest BCUT2D eigenvalue weighted by atomic mass is 9.86. The first-order chi connectivity index (χ1) is 17.9. The fraction of sp³-hybridized carbons (Fsp3) is 0.133. The third-order valence-corrected chi connectivity index (χ3v) is 7.24. The maximum absolute atomic E-state index is 9.53. The second-order valence-electron chi connectivity index (χ2n) is 9.60. The Labute approximate surface area is 219 Å². The highest BCUT2D eigenvalue weighted by Gasteiger charge is 2.20. The number of benzene rings is 3. The zero-order valence-corrected chi connectivity index (χ0v) is 21.5. The van der Waals surface area contributed by atoms with Crippen LogP contribution in [0, 0.1) is 16.1 Å². The van der Waals surface area contributed by atoms with Crippen LogP contribution >= 0.6 is 12.2 Å². The summed E-state index contributed by atoms with van der Waals surface area (Å²) in [6.07, 6.45) is 3.59. The Morgan fingerprint density at radius 2 is 1.65 bits per heavy atom. The van der Waals surface area contributed by atoms with Crippen molar-refractivity contribution in [2.24, 2.45) is 7.05 Å². The Bertz CT molecular complexity index is 1930. The minimum Gasteiger partial charge on any atom is -0.456 e. The Kier molecular flexibility index (Phi) is 5.28. The van der Waals surface area contributed by atoms with Crippen LogP contribution in [0.2, 0.25) is 0 Å². The van der Waals surface area contributed by atoms with Gasteiger partial charge in [0.05, 0.1) is 45.9 Å². The van der Waals surface area contributed by atoms with Crippen molar-refractivity contribution in [1.29, 1.82) is 5.26 Å². The zero-order chi connectivity index (χ0) is 25.7. The van der Waals surface area contributed by atoms with Gasteiger partial charge in [-0.05, 0) is 74.1 Å². The van der Waals surface area contributed by atoms with E-state index in [1.807, 2.05) is 104 Å². The molecule has 0 aliphatic carbocycles. The lowest BCUT2D eigenvalue weighted by molar-refractivity contribution is 0.482. The molecule has 0 fully saturated rings. The number of aromatic nitrogens is 4. The van der Waals surface area contributed by atoms with E-state index in [9.17, 15) is 5.26 Å². The van der Waals surface area contributed by atoms with Gasteiger partial charge in [-0.15, -0.1) is 0 Å². The highest BCUT2D eigenvalue weighted by atomic mass is 32.1. The Hall–Kier alpha value is -4.54. The molecule has 6 nitrogen and oxygen atoms in total. The highest BCUT2D eigenvalue weighted by molar-refractivity contribution is 7.71. The molecule has 7 heteroatoms. The van der Waals surface area contributed by atoms with E-state index in [2.05, 4.69) is 20.6 Å². The molecule has 0 saturated carbocycles. The predicted molar refractivity (Wildman–Crippen MR) is 149 cm³/mol. The second-order valence-corrected chi connectivity index (χ2v) is 9.96. The molecule has 0 radical (unpaired) electrons. The van der Waals surface area contributed by atoms with E-state index in [4.69, 9.17) is 17.0 Å². The van der Waals surface area contributed by atoms with Gasteiger partial charge >= 0.3 is 0 Å². The Balaban J connectivity index is 1.50. The third-order valence-electron chi connectivity index (χ3n) is 6.78. The molecule has 3 aromatic heterocycles. The van der Waals surface area contributed by atoms with Crippen LogP contribution in [0.15, 0.2) is 85.2 Å². The Morgan fingerprint density at radius 3 is 2.43 bits per heavy atom. The van der Waals surface area contributed by atoms with Crippen molar-refractivity contribution < 1.29 is 4.74 Å². The van der Waals surface area contributed by atoms with Crippen LogP contribution in [0.1, 0.15) is 19.4 Å². The van der Waals surface area contributed by atoms with Crippen molar-refractivity contribution in [3.05, 3.63) is 95.5 Å². The van der Waals surface area contributed by atoms with Gasteiger partial charge in [-0.3, -0.25) is 14.5 Å². The summed E-state index contributed by atoms with van der Waals surface area (Å²) in [5.41, 5.74) is 4.94. The highest BCUT2D eigenvalue weighted by Crippen LogP contribution is 2.33. The largest absolute Gasteiger partial charge is 0.456 e. The van der Waals surface area contributed by atoms with Gasteiger partial charge < -0.3 is 9.30 Å². The normalized spacial score (nSPS) is 11.7. The summed E-state index contributed by atoms with van der Waals surface area (Å²) in [6.45, 7) is 3.83. The second kappa shape index (κ2) is 8.54. The minimum atomic E-state index is -0.570. The zero-order valence-electron chi connectivity index (χ0n) is 20.6. The number of fused-ring (bicyclic) bond motifs is 4. The van der Waals surface area contributed by atoms with Gasteiger partial charge in [0.1, 0.15) is 11.5 Å². The van der Waals surface area contributed by atoms with Gasteiger partial charge in [0.25, 0.3) is 0 Å². The van der Waals surface area contributed by atoms with Crippen LogP contribution < -0.4 is 4.74 Å². The molecular formula is C30H23N5OS. The van der Waals surface area contributed by atoms with Crippen molar-refractivity contribution in [2.45, 2.75) is 19.3 Å². The summed E-state index contributed by atoms with van der Waals surface area (Å²) in [4.78, 5) is 9.19. The fourth-order valence-electron chi connectivity index (χ4n) is 4.61. The molecule has 3 aromatic carbocycles. The quantitative estimate of drug-likeness (QED) is 0.236. The van der Waals surface area contributed by atoms with Crippen LogP contribution in [0.5, 0.6) is 11.5 Å². The Morgan fingerprint density at radius 1 is 0.892 bits per heavy atom. The van der Waals surface area contributed by atoms with Crippen LogP contribution in [0.3, 0.4) is 0 Å². The van der Waals surface area contributed by atoms with Crippen molar-refractivity contribution >= 4 is 45.1 Å². The summed E-state index contributed by atoms with van der Waals surface area (Å²) in [5, 5.41) is 11.5. The van der Waals surface area contributed by atoms with Crippen molar-refractivity contribution in [3.63, 3.8) is 0 Å². The first-order valence-electron chi connectivity index (χ1n) is 11.9. The average molecular weight is 502 g/mol. The number of aryl methyl sites for hydroxylation is 1. The molecule has 0 bridgehead atoms. The van der Waals surface area contributed by atoms with Crippen LogP contribution in [-0.4, -0.2) is 19.1 Å². The van der Waals surface area contributed by atoms with Crippen LogP contribution in [0.4, 0.5) is 0 Å². The van der Waals surface area contributed by atoms with Gasteiger partial charge in [-0.1, -0.05) is 30.3 Å². The van der Waals surface area contributed by atoms with Crippen molar-refractivity contribution in [2.75, 3.05) is 0 Å². The van der Waals surface area contributed by atoms with Crippen LogP contribution in [0.25, 0.3) is 38.5 Å². The molecule has 6 aromatic rings. The molecule has 37 heavy (non-hydrogen) atoms. The summed E-state index contributed by atoms with van der Waals surface area (Å²) in [6, 6.07) is 26.2. The van der Waals surface area contributed by atoms with Gasteiger partial charge in [0, 0.05) is 23.5 Å². The molecule has 6 rings (SSSR count). The third kappa shape index (κ3) is 3.83. The minimum absolute atomic E-state index is 0.570. The fourth-order valence-corrected chi connectivity index (χ4v) is 4.91. The van der Waals surface area contributed by atoms with Crippen LogP contribution in [-0.2, 0) is 12.5 Å². The smallest absolute Gasteiger partial charge is 0.185 e. The summed E-state index contributed by atoms with van der Waals surface area (Å²) >= 11 is 5.86. The molecule has 0 aliphatic heterocycles. The molecule has 0 unspecified atom stereocenters. The first kappa shape index (κ1) is 22.9. The maximum atomic E-state index is 9.53. The van der Waals surface area contributed by atoms with Crippen molar-refractivity contribution in [1.82, 2.24) is 19.1 Å². The topological polar surface area (TPSA) is 68.7 Å². The van der Waals surface area contributed by atoms with E-state index in [1.165, 1.54) is 0 Å². The lowest BCUT2D eigenvalue weighted by Crippen LogP contribution is -2.13. The van der Waals surface area contributed by atoms with E-state index in [-0.39, 0.29) is 0 Å². The number of nitriles is 1. The van der Waals surface area contributed by atoms with Gasteiger partial charge in [-0.25, -0.2) is 0 Å². The van der Waals surface area contributed by atoms with E-state index in [0.29, 0.717) is 16.3 Å². The molecule has 180 valence electrons. The standard InChI is InChI=1S/C30H23N5OS/c1-30(2,18-31)20-8-10-21(11-9-20)35-28-24-15-22(12-13-26(24)33-17-27(28)34(3)29(35)37)36-23-14-19-6-4-5-7-25(19)32-16-23/h4-17H,1-3H3. The number of rotatable bonds is 4. The lowest BCUT2D eigenvalue weighted by Gasteiger charge is -2.16. The van der Waals surface area contributed by atoms with E-state index >= 15 is 0 Å².